The van der Waals surface area contributed by atoms with E-state index in [-0.39, 0.29) is 12.0 Å². The van der Waals surface area contributed by atoms with Crippen LogP contribution >= 0.6 is 0 Å². The summed E-state index contributed by atoms with van der Waals surface area (Å²) in [6.07, 6.45) is 5.02. The third-order valence-corrected chi connectivity index (χ3v) is 3.20. The first-order valence-electron chi connectivity index (χ1n) is 5.73. The molecule has 0 aliphatic carbocycles. The van der Waals surface area contributed by atoms with Crippen LogP contribution in [0.1, 0.15) is 5.56 Å². The summed E-state index contributed by atoms with van der Waals surface area (Å²) in [6.45, 7) is 3.53. The van der Waals surface area contributed by atoms with Crippen molar-refractivity contribution >= 4 is 0 Å². The van der Waals surface area contributed by atoms with Gasteiger partial charge in [-0.15, -0.1) is 0 Å². The molecule has 90 valence electrons. The number of ether oxygens (including phenoxy) is 1. The fraction of sp³-hybridized carbons (Fsp3) is 0.667. The van der Waals surface area contributed by atoms with Gasteiger partial charge >= 0.3 is 0 Å². The highest BCUT2D eigenvalue weighted by atomic mass is 16.5. The maximum absolute atomic E-state index is 9.33. The van der Waals surface area contributed by atoms with Crippen LogP contribution in [0.5, 0.6) is 0 Å². The molecule has 0 atom stereocenters. The fourth-order valence-corrected chi connectivity index (χ4v) is 2.11. The summed E-state index contributed by atoms with van der Waals surface area (Å²) in [5.74, 6) is 0. The standard InChI is InChI=1S/C12H20N2O2/c1-14(5-3-11-2-4-13-6-11)7-12(8-15)9-16-10-12/h2,4,6,13,15H,3,5,7-10H2,1H3. The second kappa shape index (κ2) is 4.99. The Bertz CT molecular complexity index is 301. The van der Waals surface area contributed by atoms with Crippen molar-refractivity contribution in [3.05, 3.63) is 24.0 Å². The lowest BCUT2D eigenvalue weighted by Gasteiger charge is -2.42. The summed E-state index contributed by atoms with van der Waals surface area (Å²) in [5, 5.41) is 9.33. The zero-order valence-electron chi connectivity index (χ0n) is 9.78. The molecule has 0 spiro atoms. The molecular formula is C12H20N2O2. The lowest BCUT2D eigenvalue weighted by atomic mass is 9.86. The molecule has 1 aliphatic heterocycles. The van der Waals surface area contributed by atoms with E-state index in [1.807, 2.05) is 12.4 Å². The van der Waals surface area contributed by atoms with Crippen LogP contribution in [0.25, 0.3) is 0 Å². The zero-order valence-corrected chi connectivity index (χ0v) is 9.78. The Labute approximate surface area is 96.2 Å². The molecule has 2 N–H and O–H groups in total. The first-order chi connectivity index (χ1) is 7.74. The highest BCUT2D eigenvalue weighted by Crippen LogP contribution is 2.27. The van der Waals surface area contributed by atoms with E-state index in [0.717, 1.165) is 19.5 Å². The van der Waals surface area contributed by atoms with Crippen molar-refractivity contribution < 1.29 is 9.84 Å². The number of H-pyrrole nitrogens is 1. The number of nitrogens with zero attached hydrogens (tertiary/aromatic N) is 1. The summed E-state index contributed by atoms with van der Waals surface area (Å²) in [6, 6.07) is 2.10. The van der Waals surface area contributed by atoms with Crippen LogP contribution in [0.2, 0.25) is 0 Å². The highest BCUT2D eigenvalue weighted by Gasteiger charge is 2.38. The number of nitrogens with one attached hydrogen (secondary N) is 1. The van der Waals surface area contributed by atoms with E-state index in [2.05, 4.69) is 23.0 Å². The van der Waals surface area contributed by atoms with Crippen molar-refractivity contribution in [3.63, 3.8) is 0 Å². The molecular weight excluding hydrogens is 204 g/mol. The van der Waals surface area contributed by atoms with E-state index < -0.39 is 0 Å². The fourth-order valence-electron chi connectivity index (χ4n) is 2.11. The van der Waals surface area contributed by atoms with Gasteiger partial charge in [0, 0.05) is 25.5 Å². The molecule has 1 aliphatic rings. The van der Waals surface area contributed by atoms with Crippen LogP contribution < -0.4 is 0 Å². The van der Waals surface area contributed by atoms with Crippen molar-refractivity contribution in [1.82, 2.24) is 9.88 Å². The summed E-state index contributed by atoms with van der Waals surface area (Å²) in [4.78, 5) is 5.33. The third kappa shape index (κ3) is 2.64. The monoisotopic (exact) mass is 224 g/mol. The van der Waals surface area contributed by atoms with Gasteiger partial charge in [-0.25, -0.2) is 0 Å². The van der Waals surface area contributed by atoms with Crippen LogP contribution in [0.15, 0.2) is 18.5 Å². The predicted molar refractivity (Wildman–Crippen MR) is 62.3 cm³/mol. The smallest absolute Gasteiger partial charge is 0.0579 e. The molecule has 0 unspecified atom stereocenters. The second-order valence-corrected chi connectivity index (χ2v) is 4.86. The number of rotatable bonds is 6. The van der Waals surface area contributed by atoms with E-state index in [9.17, 15) is 5.11 Å². The largest absolute Gasteiger partial charge is 0.396 e. The summed E-state index contributed by atoms with van der Waals surface area (Å²) < 4.78 is 5.19. The Morgan fingerprint density at radius 3 is 2.88 bits per heavy atom. The third-order valence-electron chi connectivity index (χ3n) is 3.20. The normalized spacial score (nSPS) is 18.7. The molecule has 2 rings (SSSR count). The number of aromatic amines is 1. The minimum absolute atomic E-state index is 0.00705. The van der Waals surface area contributed by atoms with Crippen LogP contribution in [-0.4, -0.2) is 54.9 Å². The van der Waals surface area contributed by atoms with Crippen LogP contribution in [0.4, 0.5) is 0 Å². The molecule has 4 nitrogen and oxygen atoms in total. The van der Waals surface area contributed by atoms with E-state index >= 15 is 0 Å². The van der Waals surface area contributed by atoms with Gasteiger partial charge < -0.3 is 19.7 Å². The highest BCUT2D eigenvalue weighted by molar-refractivity contribution is 5.08. The van der Waals surface area contributed by atoms with Gasteiger partial charge in [-0.3, -0.25) is 0 Å². The number of aliphatic hydroxyl groups is 1. The molecule has 0 bridgehead atoms. The maximum Gasteiger partial charge on any atom is 0.0579 e. The predicted octanol–water partition coefficient (Wildman–Crippen LogP) is 0.498. The average molecular weight is 224 g/mol. The van der Waals surface area contributed by atoms with Gasteiger partial charge in [0.15, 0.2) is 0 Å². The molecule has 1 aromatic rings. The van der Waals surface area contributed by atoms with Crippen molar-refractivity contribution in [2.24, 2.45) is 5.41 Å². The van der Waals surface area contributed by atoms with Gasteiger partial charge in [-0.1, -0.05) is 0 Å². The first kappa shape index (κ1) is 11.6. The molecule has 0 aromatic carbocycles. The Balaban J connectivity index is 1.73. The number of hydrogen-bond acceptors (Lipinski definition) is 3. The number of aromatic nitrogens is 1. The van der Waals surface area contributed by atoms with Gasteiger partial charge in [0.25, 0.3) is 0 Å². The first-order valence-corrected chi connectivity index (χ1v) is 5.73. The number of likely N-dealkylation sites (N-methyl/N-ethyl adjacent to an activating group) is 1. The molecule has 2 heterocycles. The Kier molecular flexibility index (Phi) is 3.63. The van der Waals surface area contributed by atoms with Crippen LogP contribution in [-0.2, 0) is 11.2 Å². The van der Waals surface area contributed by atoms with Crippen molar-refractivity contribution in [3.8, 4) is 0 Å². The summed E-state index contributed by atoms with van der Waals surface area (Å²) in [7, 11) is 2.10. The molecule has 0 amide bonds. The van der Waals surface area contributed by atoms with Gasteiger partial charge in [-0.05, 0) is 25.1 Å². The molecule has 16 heavy (non-hydrogen) atoms. The minimum atomic E-state index is -0.00705. The zero-order chi connectivity index (χ0) is 11.4. The Morgan fingerprint density at radius 2 is 2.38 bits per heavy atom. The maximum atomic E-state index is 9.33. The van der Waals surface area contributed by atoms with E-state index in [1.165, 1.54) is 5.56 Å². The van der Waals surface area contributed by atoms with Crippen LogP contribution in [0, 0.1) is 5.41 Å². The SMILES string of the molecule is CN(CCc1cc[nH]c1)CC1(CO)COC1. The van der Waals surface area contributed by atoms with Crippen LogP contribution in [0.3, 0.4) is 0 Å². The van der Waals surface area contributed by atoms with Crippen molar-refractivity contribution in [2.75, 3.05) is 40.0 Å². The van der Waals surface area contributed by atoms with Gasteiger partial charge in [0.05, 0.1) is 25.2 Å². The van der Waals surface area contributed by atoms with Crippen molar-refractivity contribution in [2.45, 2.75) is 6.42 Å². The Morgan fingerprint density at radius 1 is 1.56 bits per heavy atom. The van der Waals surface area contributed by atoms with Gasteiger partial charge in [0.1, 0.15) is 0 Å². The molecule has 1 aromatic heterocycles. The van der Waals surface area contributed by atoms with Crippen molar-refractivity contribution in [1.29, 1.82) is 0 Å². The molecule has 0 radical (unpaired) electrons. The number of hydrogen-bond donors (Lipinski definition) is 2. The molecule has 1 fully saturated rings. The molecule has 0 saturated carbocycles. The quantitative estimate of drug-likeness (QED) is 0.739. The van der Waals surface area contributed by atoms with E-state index in [4.69, 9.17) is 4.74 Å². The van der Waals surface area contributed by atoms with E-state index in [0.29, 0.717) is 13.2 Å². The second-order valence-electron chi connectivity index (χ2n) is 4.86. The molecule has 4 heteroatoms. The topological polar surface area (TPSA) is 48.5 Å². The Hall–Kier alpha value is -0.840. The lowest BCUT2D eigenvalue weighted by Crippen LogP contribution is -2.52. The van der Waals surface area contributed by atoms with Gasteiger partial charge in [-0.2, -0.15) is 0 Å². The van der Waals surface area contributed by atoms with Gasteiger partial charge in [0.2, 0.25) is 0 Å². The lowest BCUT2D eigenvalue weighted by molar-refractivity contribution is -0.146. The average Bonchev–Trinajstić information content (AvgIpc) is 2.73. The minimum Gasteiger partial charge on any atom is -0.396 e. The summed E-state index contributed by atoms with van der Waals surface area (Å²) >= 11 is 0. The summed E-state index contributed by atoms with van der Waals surface area (Å²) in [5.41, 5.74) is 1.32. The number of aliphatic hydroxyl groups excluding tert-OH is 1. The van der Waals surface area contributed by atoms with E-state index in [1.54, 1.807) is 0 Å². The molecule has 1 saturated heterocycles.